The van der Waals surface area contributed by atoms with Crippen LogP contribution in [0.3, 0.4) is 0 Å². The summed E-state index contributed by atoms with van der Waals surface area (Å²) in [6.07, 6.45) is 1.65. The minimum atomic E-state index is -0.396. The molecule has 1 aliphatic rings. The minimum Gasteiger partial charge on any atom is -0.490 e. The zero-order valence-electron chi connectivity index (χ0n) is 17.0. The van der Waals surface area contributed by atoms with Crippen LogP contribution in [0.5, 0.6) is 11.5 Å². The molecular weight excluding hydrogens is 406 g/mol. The predicted molar refractivity (Wildman–Crippen MR) is 116 cm³/mol. The lowest BCUT2D eigenvalue weighted by molar-refractivity contribution is -0.115. The number of amides is 2. The third-order valence-electron chi connectivity index (χ3n) is 3.72. The van der Waals surface area contributed by atoms with Gasteiger partial charge in [0.15, 0.2) is 0 Å². The van der Waals surface area contributed by atoms with E-state index in [1.807, 2.05) is 13.8 Å². The lowest BCUT2D eigenvalue weighted by Crippen LogP contribution is -2.17. The van der Waals surface area contributed by atoms with Gasteiger partial charge in [0.05, 0.1) is 17.6 Å². The highest BCUT2D eigenvalue weighted by molar-refractivity contribution is 8.18. The average Bonchev–Trinajstić information content (AvgIpc) is 3.10. The maximum absolute atomic E-state index is 11.5. The van der Waals surface area contributed by atoms with E-state index in [0.717, 1.165) is 17.3 Å². The molecule has 3 rings (SSSR count). The zero-order valence-corrected chi connectivity index (χ0v) is 17.8. The topological polar surface area (TPSA) is 90.9 Å². The number of rotatable bonds is 7. The monoisotopic (exact) mass is 429 g/mol. The number of thioether (sulfide) groups is 1. The second-order valence-electron chi connectivity index (χ2n) is 5.63. The Morgan fingerprint density at radius 3 is 1.93 bits per heavy atom. The highest BCUT2D eigenvalue weighted by Gasteiger charge is 2.24. The molecule has 1 aliphatic heterocycles. The summed E-state index contributed by atoms with van der Waals surface area (Å²) >= 11 is 0.879. The van der Waals surface area contributed by atoms with Gasteiger partial charge in [0.25, 0.3) is 11.1 Å². The lowest BCUT2D eigenvalue weighted by atomic mass is 10.2. The molecule has 2 aromatic carbocycles. The van der Waals surface area contributed by atoms with Crippen LogP contribution in [-0.2, 0) is 9.53 Å². The van der Waals surface area contributed by atoms with Crippen molar-refractivity contribution in [2.24, 2.45) is 0 Å². The van der Waals surface area contributed by atoms with E-state index in [2.05, 4.69) is 10.1 Å². The van der Waals surface area contributed by atoms with E-state index < -0.39 is 5.97 Å². The molecule has 8 heteroatoms. The molecule has 0 aliphatic carbocycles. The number of hydrogen-bond acceptors (Lipinski definition) is 7. The fourth-order valence-electron chi connectivity index (χ4n) is 2.36. The van der Waals surface area contributed by atoms with Crippen molar-refractivity contribution < 1.29 is 28.6 Å². The molecule has 0 saturated carbocycles. The summed E-state index contributed by atoms with van der Waals surface area (Å²) in [5, 5.41) is 1.85. The lowest BCUT2D eigenvalue weighted by Gasteiger charge is -2.09. The van der Waals surface area contributed by atoms with E-state index in [-0.39, 0.29) is 11.1 Å². The summed E-state index contributed by atoms with van der Waals surface area (Å²) in [4.78, 5) is 34.4. The number of carbonyl (C=O) groups is 3. The quantitative estimate of drug-likeness (QED) is 0.399. The van der Waals surface area contributed by atoms with Crippen molar-refractivity contribution in [2.75, 3.05) is 20.3 Å². The molecule has 2 aromatic rings. The molecule has 0 unspecified atom stereocenters. The Labute approximate surface area is 179 Å². The van der Waals surface area contributed by atoms with Crippen molar-refractivity contribution in [3.05, 3.63) is 64.6 Å². The van der Waals surface area contributed by atoms with Gasteiger partial charge in [0.1, 0.15) is 24.7 Å². The number of ether oxygens (including phenoxy) is 3. The van der Waals surface area contributed by atoms with E-state index in [9.17, 15) is 14.4 Å². The summed E-state index contributed by atoms with van der Waals surface area (Å²) in [6, 6.07) is 13.8. The number of methoxy groups -OCH3 is 1. The van der Waals surface area contributed by atoms with Crippen molar-refractivity contribution in [1.29, 1.82) is 0 Å². The molecule has 30 heavy (non-hydrogen) atoms. The Morgan fingerprint density at radius 1 is 0.933 bits per heavy atom. The van der Waals surface area contributed by atoms with Crippen LogP contribution in [0, 0.1) is 0 Å². The average molecular weight is 429 g/mol. The molecule has 1 heterocycles. The molecular formula is C22H23NO6S. The molecule has 0 radical (unpaired) electrons. The number of imide groups is 1. The summed E-state index contributed by atoms with van der Waals surface area (Å²) < 4.78 is 15.8. The van der Waals surface area contributed by atoms with Gasteiger partial charge in [-0.25, -0.2) is 4.79 Å². The Morgan fingerprint density at radius 2 is 1.47 bits per heavy atom. The number of benzene rings is 2. The summed E-state index contributed by atoms with van der Waals surface area (Å²) in [5.74, 6) is 0.506. The first-order valence-electron chi connectivity index (χ1n) is 9.34. The van der Waals surface area contributed by atoms with E-state index in [4.69, 9.17) is 9.47 Å². The Balaban J connectivity index is 0.00000155. The number of nitrogens with one attached hydrogen (secondary N) is 1. The van der Waals surface area contributed by atoms with E-state index in [1.54, 1.807) is 54.6 Å². The van der Waals surface area contributed by atoms with Crippen LogP contribution in [0.1, 0.15) is 29.8 Å². The normalized spacial score (nSPS) is 13.9. The van der Waals surface area contributed by atoms with Crippen LogP contribution in [0.4, 0.5) is 4.79 Å². The van der Waals surface area contributed by atoms with Gasteiger partial charge in [-0.2, -0.15) is 0 Å². The molecule has 1 N–H and O–H groups in total. The second-order valence-corrected chi connectivity index (χ2v) is 6.65. The van der Waals surface area contributed by atoms with Crippen LogP contribution in [0.15, 0.2) is 53.4 Å². The maximum atomic E-state index is 11.5. The third kappa shape index (κ3) is 6.66. The van der Waals surface area contributed by atoms with Crippen LogP contribution in [-0.4, -0.2) is 37.4 Å². The summed E-state index contributed by atoms with van der Waals surface area (Å²) in [5.41, 5.74) is 1.25. The van der Waals surface area contributed by atoms with Gasteiger partial charge >= 0.3 is 5.97 Å². The molecule has 0 aromatic heterocycles. The SMILES string of the molecule is CC.COC(=O)c1ccc(OCCOc2ccc(/C=C3/SC(=O)NC3=O)cc2)cc1. The fourth-order valence-corrected chi connectivity index (χ4v) is 3.04. The molecule has 2 amide bonds. The largest absolute Gasteiger partial charge is 0.490 e. The van der Waals surface area contributed by atoms with Gasteiger partial charge in [0.2, 0.25) is 0 Å². The summed E-state index contributed by atoms with van der Waals surface area (Å²) in [6.45, 7) is 4.67. The van der Waals surface area contributed by atoms with Crippen molar-refractivity contribution in [3.63, 3.8) is 0 Å². The van der Waals surface area contributed by atoms with Crippen molar-refractivity contribution in [1.82, 2.24) is 5.32 Å². The van der Waals surface area contributed by atoms with Gasteiger partial charge in [-0.05, 0) is 59.8 Å². The molecule has 7 nitrogen and oxygen atoms in total. The van der Waals surface area contributed by atoms with Crippen LogP contribution < -0.4 is 14.8 Å². The Bertz CT molecular complexity index is 906. The molecule has 0 atom stereocenters. The first kappa shape index (κ1) is 23.0. The highest BCUT2D eigenvalue weighted by Crippen LogP contribution is 2.26. The number of carbonyl (C=O) groups excluding carboxylic acids is 3. The third-order valence-corrected chi connectivity index (χ3v) is 4.53. The maximum Gasteiger partial charge on any atom is 0.337 e. The Hall–Kier alpha value is -3.26. The van der Waals surface area contributed by atoms with Crippen LogP contribution in [0.25, 0.3) is 6.08 Å². The minimum absolute atomic E-state index is 0.336. The van der Waals surface area contributed by atoms with Gasteiger partial charge in [-0.3, -0.25) is 14.9 Å². The number of hydrogen-bond donors (Lipinski definition) is 1. The van der Waals surface area contributed by atoms with Gasteiger partial charge < -0.3 is 14.2 Å². The van der Waals surface area contributed by atoms with E-state index in [1.165, 1.54) is 7.11 Å². The summed E-state index contributed by atoms with van der Waals surface area (Å²) in [7, 11) is 1.33. The number of esters is 1. The van der Waals surface area contributed by atoms with Crippen molar-refractivity contribution in [2.45, 2.75) is 13.8 Å². The van der Waals surface area contributed by atoms with Crippen molar-refractivity contribution >= 4 is 35.0 Å². The predicted octanol–water partition coefficient (Wildman–Crippen LogP) is 4.28. The molecule has 0 spiro atoms. The van der Waals surface area contributed by atoms with E-state index in [0.29, 0.717) is 35.2 Å². The van der Waals surface area contributed by atoms with E-state index >= 15 is 0 Å². The second kappa shape index (κ2) is 11.7. The molecule has 1 fully saturated rings. The molecule has 158 valence electrons. The van der Waals surface area contributed by atoms with Crippen LogP contribution in [0.2, 0.25) is 0 Å². The Kier molecular flexibility index (Phi) is 8.96. The van der Waals surface area contributed by atoms with Crippen LogP contribution >= 0.6 is 11.8 Å². The first-order valence-corrected chi connectivity index (χ1v) is 10.2. The highest BCUT2D eigenvalue weighted by atomic mass is 32.2. The first-order chi connectivity index (χ1) is 14.5. The van der Waals surface area contributed by atoms with Gasteiger partial charge in [0, 0.05) is 0 Å². The molecule has 1 saturated heterocycles. The van der Waals surface area contributed by atoms with Crippen molar-refractivity contribution in [3.8, 4) is 11.5 Å². The smallest absolute Gasteiger partial charge is 0.337 e. The molecule has 0 bridgehead atoms. The zero-order chi connectivity index (χ0) is 21.9. The fraction of sp³-hybridized carbons (Fsp3) is 0.227. The van der Waals surface area contributed by atoms with Gasteiger partial charge in [-0.1, -0.05) is 26.0 Å². The van der Waals surface area contributed by atoms with Gasteiger partial charge in [-0.15, -0.1) is 0 Å². The standard InChI is InChI=1S/C20H17NO6S.C2H6/c1-25-19(23)14-4-8-16(9-5-14)27-11-10-26-15-6-2-13(3-7-15)12-17-18(22)21-20(24)28-17;1-2/h2-9,12H,10-11H2,1H3,(H,21,22,24);1-2H3/b17-12+;.